The zero-order valence-electron chi connectivity index (χ0n) is 22.9. The van der Waals surface area contributed by atoms with Gasteiger partial charge >= 0.3 is 5.97 Å². The fourth-order valence-electron chi connectivity index (χ4n) is 10.8. The molecule has 5 aliphatic carbocycles. The molecule has 0 aromatic rings. The second-order valence-corrected chi connectivity index (χ2v) is 14.5. The molecule has 0 radical (unpaired) electrons. The zero-order valence-corrected chi connectivity index (χ0v) is 22.9. The van der Waals surface area contributed by atoms with Gasteiger partial charge in [0.15, 0.2) is 5.78 Å². The van der Waals surface area contributed by atoms with Crippen LogP contribution >= 0.6 is 0 Å². The van der Waals surface area contributed by atoms with Gasteiger partial charge in [-0.2, -0.15) is 0 Å². The fourth-order valence-corrected chi connectivity index (χ4v) is 10.8. The minimum atomic E-state index is -1.03. The van der Waals surface area contributed by atoms with Gasteiger partial charge in [-0.1, -0.05) is 47.1 Å². The highest BCUT2D eigenvalue weighted by molar-refractivity contribution is 5.96. The fraction of sp³-hybridized carbons (Fsp3) is 0.867. The van der Waals surface area contributed by atoms with Crippen molar-refractivity contribution >= 4 is 11.8 Å². The molecule has 5 rings (SSSR count). The number of ketones is 1. The lowest BCUT2D eigenvalue weighted by Crippen LogP contribution is -2.70. The number of aliphatic hydroxyl groups excluding tert-OH is 3. The first kappa shape index (κ1) is 26.4. The Hall–Kier alpha value is -1.24. The van der Waals surface area contributed by atoms with E-state index in [-0.39, 0.29) is 46.9 Å². The third-order valence-electron chi connectivity index (χ3n) is 13.2. The van der Waals surface area contributed by atoms with Crippen LogP contribution in [0.2, 0.25) is 0 Å². The quantitative estimate of drug-likeness (QED) is 0.450. The number of carboxylic acids is 1. The molecule has 0 amide bonds. The Morgan fingerprint density at radius 1 is 1.03 bits per heavy atom. The number of carbonyl (C=O) groups excluding carboxylic acids is 1. The highest BCUT2D eigenvalue weighted by atomic mass is 16.4. The number of fused-ring (bicyclic) bond motifs is 7. The van der Waals surface area contributed by atoms with Gasteiger partial charge in [-0.05, 0) is 90.9 Å². The average Bonchev–Trinajstić information content (AvgIpc) is 2.80. The van der Waals surface area contributed by atoms with Crippen LogP contribution in [0.4, 0.5) is 0 Å². The van der Waals surface area contributed by atoms with E-state index in [0.29, 0.717) is 25.2 Å². The number of carboxylic acid groups (broad SMARTS) is 1. The van der Waals surface area contributed by atoms with Crippen molar-refractivity contribution in [2.24, 2.45) is 56.7 Å². The Morgan fingerprint density at radius 2 is 1.69 bits per heavy atom. The first-order valence-corrected chi connectivity index (χ1v) is 14.1. The SMILES string of the molecule is C[C@H]1[C@H](C)CC[C@]2(C(=O)O)CC[C@]3(C)C(=CC(=O)[C@@H]4[C@@]5(C)C[C@@H](O)[C@H](O)C(C)(CO)C5CC[C@]43C)[C@H]12. The third kappa shape index (κ3) is 2.90. The monoisotopic (exact) mass is 502 g/mol. The number of carbonyl (C=O) groups is 2. The van der Waals surface area contributed by atoms with Crippen molar-refractivity contribution in [3.05, 3.63) is 11.6 Å². The third-order valence-corrected chi connectivity index (χ3v) is 13.2. The van der Waals surface area contributed by atoms with Crippen LogP contribution in [-0.4, -0.2) is 51.0 Å². The minimum Gasteiger partial charge on any atom is -0.481 e. The van der Waals surface area contributed by atoms with Crippen LogP contribution in [0.5, 0.6) is 0 Å². The predicted molar refractivity (Wildman–Crippen MR) is 136 cm³/mol. The first-order chi connectivity index (χ1) is 16.6. The summed E-state index contributed by atoms with van der Waals surface area (Å²) >= 11 is 0. The molecule has 4 saturated carbocycles. The van der Waals surface area contributed by atoms with Crippen molar-refractivity contribution in [1.82, 2.24) is 0 Å². The van der Waals surface area contributed by atoms with Crippen molar-refractivity contribution in [2.45, 2.75) is 98.7 Å². The molecule has 202 valence electrons. The Bertz CT molecular complexity index is 1010. The molecule has 0 heterocycles. The molecule has 6 nitrogen and oxygen atoms in total. The van der Waals surface area contributed by atoms with Crippen molar-refractivity contribution in [1.29, 1.82) is 0 Å². The standard InChI is InChI=1S/C30H46O6/c1-16-7-10-30(25(35)36)12-11-28(5)18(22(30)17(16)2)13-19(32)23-26(3)14-20(33)24(34)27(4,15-31)21(26)8-9-29(23,28)6/h13,16-17,20-24,31,33-34H,7-12,14-15H2,1-6H3,(H,35,36)/t16-,17+,20-,21?,22+,23-,24+,26+,27?,28-,29-,30+/m1/s1. The summed E-state index contributed by atoms with van der Waals surface area (Å²) < 4.78 is 0. The van der Waals surface area contributed by atoms with Crippen LogP contribution in [-0.2, 0) is 9.59 Å². The maximum atomic E-state index is 14.3. The van der Waals surface area contributed by atoms with Crippen molar-refractivity contribution in [2.75, 3.05) is 6.61 Å². The van der Waals surface area contributed by atoms with Gasteiger partial charge in [0, 0.05) is 11.3 Å². The lowest BCUT2D eigenvalue weighted by atomic mass is 9.33. The second kappa shape index (κ2) is 7.89. The molecular formula is C30H46O6. The molecule has 2 unspecified atom stereocenters. The summed E-state index contributed by atoms with van der Waals surface area (Å²) in [5.41, 5.74) is -1.89. The first-order valence-electron chi connectivity index (χ1n) is 14.1. The smallest absolute Gasteiger partial charge is 0.310 e. The second-order valence-electron chi connectivity index (χ2n) is 14.5. The molecule has 0 aliphatic heterocycles. The lowest BCUT2D eigenvalue weighted by Gasteiger charge is -2.70. The molecule has 0 aromatic heterocycles. The number of hydrogen-bond acceptors (Lipinski definition) is 5. The van der Waals surface area contributed by atoms with Crippen LogP contribution in [0.3, 0.4) is 0 Å². The highest BCUT2D eigenvalue weighted by Gasteiger charge is 2.72. The van der Waals surface area contributed by atoms with Gasteiger partial charge < -0.3 is 20.4 Å². The molecule has 0 aromatic carbocycles. The van der Waals surface area contributed by atoms with E-state index in [1.807, 2.05) is 13.0 Å². The van der Waals surface area contributed by atoms with Crippen LogP contribution in [0, 0.1) is 56.7 Å². The van der Waals surface area contributed by atoms with Gasteiger partial charge in [-0.25, -0.2) is 0 Å². The zero-order chi connectivity index (χ0) is 26.6. The summed E-state index contributed by atoms with van der Waals surface area (Å²) in [6, 6.07) is 0. The Morgan fingerprint density at radius 3 is 2.31 bits per heavy atom. The van der Waals surface area contributed by atoms with Crippen LogP contribution < -0.4 is 0 Å². The van der Waals surface area contributed by atoms with Gasteiger partial charge in [0.2, 0.25) is 0 Å². The normalized spacial score (nSPS) is 56.5. The van der Waals surface area contributed by atoms with Crippen molar-refractivity contribution < 1.29 is 30.0 Å². The van der Waals surface area contributed by atoms with Gasteiger partial charge in [-0.3, -0.25) is 9.59 Å². The molecule has 5 aliphatic rings. The number of aliphatic hydroxyl groups is 3. The summed E-state index contributed by atoms with van der Waals surface area (Å²) in [7, 11) is 0. The largest absolute Gasteiger partial charge is 0.481 e. The maximum absolute atomic E-state index is 14.3. The Balaban J connectivity index is 1.67. The molecular weight excluding hydrogens is 456 g/mol. The van der Waals surface area contributed by atoms with E-state index >= 15 is 0 Å². The summed E-state index contributed by atoms with van der Waals surface area (Å²) in [5.74, 6) is -0.667. The summed E-state index contributed by atoms with van der Waals surface area (Å²) in [6.07, 6.45) is 4.63. The number of allylic oxidation sites excluding steroid dienone is 2. The van der Waals surface area contributed by atoms with E-state index in [2.05, 4.69) is 34.6 Å². The molecule has 4 fully saturated rings. The predicted octanol–water partition coefficient (Wildman–Crippen LogP) is 4.21. The van der Waals surface area contributed by atoms with E-state index < -0.39 is 34.4 Å². The lowest BCUT2D eigenvalue weighted by molar-refractivity contribution is -0.239. The molecule has 12 atom stereocenters. The highest BCUT2D eigenvalue weighted by Crippen LogP contribution is 2.75. The average molecular weight is 503 g/mol. The molecule has 36 heavy (non-hydrogen) atoms. The molecule has 0 spiro atoms. The number of rotatable bonds is 2. The van der Waals surface area contributed by atoms with E-state index in [9.17, 15) is 30.0 Å². The summed E-state index contributed by atoms with van der Waals surface area (Å²) in [4.78, 5) is 27.1. The van der Waals surface area contributed by atoms with Gasteiger partial charge in [0.1, 0.15) is 0 Å². The van der Waals surface area contributed by atoms with E-state index in [1.54, 1.807) is 0 Å². The molecule has 4 N–H and O–H groups in total. The number of hydrogen-bond donors (Lipinski definition) is 4. The molecule has 6 heteroatoms. The summed E-state index contributed by atoms with van der Waals surface area (Å²) in [5, 5.41) is 42.8. The maximum Gasteiger partial charge on any atom is 0.310 e. The summed E-state index contributed by atoms with van der Waals surface area (Å²) in [6.45, 7) is 12.6. The van der Waals surface area contributed by atoms with E-state index in [0.717, 1.165) is 31.3 Å². The van der Waals surface area contributed by atoms with Crippen LogP contribution in [0.1, 0.15) is 86.5 Å². The van der Waals surface area contributed by atoms with Crippen LogP contribution in [0.15, 0.2) is 11.6 Å². The molecule has 0 bridgehead atoms. The van der Waals surface area contributed by atoms with Gasteiger partial charge in [-0.15, -0.1) is 0 Å². The van der Waals surface area contributed by atoms with Gasteiger partial charge in [0.05, 0.1) is 24.2 Å². The van der Waals surface area contributed by atoms with Crippen molar-refractivity contribution in [3.8, 4) is 0 Å². The van der Waals surface area contributed by atoms with Crippen molar-refractivity contribution in [3.63, 3.8) is 0 Å². The van der Waals surface area contributed by atoms with E-state index in [1.165, 1.54) is 0 Å². The Labute approximate surface area is 215 Å². The minimum absolute atomic E-state index is 0.0488. The van der Waals surface area contributed by atoms with Gasteiger partial charge in [0.25, 0.3) is 0 Å². The Kier molecular flexibility index (Phi) is 5.78. The number of aliphatic carboxylic acids is 1. The topological polar surface area (TPSA) is 115 Å². The molecule has 0 saturated heterocycles. The van der Waals surface area contributed by atoms with Crippen LogP contribution in [0.25, 0.3) is 0 Å². The van der Waals surface area contributed by atoms with E-state index in [4.69, 9.17) is 0 Å².